The molecule has 24 heavy (non-hydrogen) atoms. The molecule has 1 amide bonds. The fourth-order valence-electron chi connectivity index (χ4n) is 4.86. The van der Waals surface area contributed by atoms with E-state index in [9.17, 15) is 4.79 Å². The molecule has 1 aliphatic carbocycles. The number of carbonyl (C=O) groups is 1. The zero-order valence-electron chi connectivity index (χ0n) is 14.9. The molecule has 1 unspecified atom stereocenters. The number of likely N-dealkylation sites (N-methyl/N-ethyl adjacent to an activating group) is 1. The summed E-state index contributed by atoms with van der Waals surface area (Å²) in [5.41, 5.74) is 1.48. The van der Waals surface area contributed by atoms with Gasteiger partial charge in [0.05, 0.1) is 5.69 Å². The number of hydrogen-bond acceptors (Lipinski definition) is 4. The zero-order valence-corrected chi connectivity index (χ0v) is 14.9. The smallest absolute Gasteiger partial charge is 0.276 e. The van der Waals surface area contributed by atoms with Crippen LogP contribution in [0.25, 0.3) is 0 Å². The third kappa shape index (κ3) is 2.85. The van der Waals surface area contributed by atoms with Crippen LogP contribution >= 0.6 is 0 Å². The molecule has 3 aliphatic heterocycles. The summed E-state index contributed by atoms with van der Waals surface area (Å²) in [5.74, 6) is 1.40. The number of fused-ring (bicyclic) bond motifs is 3. The summed E-state index contributed by atoms with van der Waals surface area (Å²) in [6.45, 7) is 6.31. The van der Waals surface area contributed by atoms with Crippen LogP contribution in [0.3, 0.4) is 0 Å². The maximum atomic E-state index is 13.0. The van der Waals surface area contributed by atoms with Crippen LogP contribution < -0.4 is 0 Å². The highest BCUT2D eigenvalue weighted by atomic mass is 16.2. The van der Waals surface area contributed by atoms with Crippen LogP contribution in [0, 0.1) is 18.8 Å². The Bertz CT molecular complexity index is 599. The summed E-state index contributed by atoms with van der Waals surface area (Å²) >= 11 is 0. The quantitative estimate of drug-likeness (QED) is 0.846. The Morgan fingerprint density at radius 3 is 2.54 bits per heavy atom. The minimum absolute atomic E-state index is 0.0453. The first-order valence-electron chi connectivity index (χ1n) is 9.53. The monoisotopic (exact) mass is 331 g/mol. The van der Waals surface area contributed by atoms with E-state index in [1.165, 1.54) is 51.6 Å². The van der Waals surface area contributed by atoms with Crippen LogP contribution in [0.4, 0.5) is 0 Å². The van der Waals surface area contributed by atoms with E-state index in [0.29, 0.717) is 23.6 Å². The molecule has 2 bridgehead atoms. The number of carbonyl (C=O) groups excluding carboxylic acids is 1. The van der Waals surface area contributed by atoms with E-state index in [1.54, 1.807) is 0 Å². The molecule has 4 fully saturated rings. The van der Waals surface area contributed by atoms with E-state index in [2.05, 4.69) is 15.2 Å². The zero-order chi connectivity index (χ0) is 16.7. The molecule has 1 aromatic rings. The van der Waals surface area contributed by atoms with Crippen LogP contribution in [-0.4, -0.2) is 63.4 Å². The van der Waals surface area contributed by atoms with Gasteiger partial charge in [-0.15, -0.1) is 5.10 Å². The molecular weight excluding hydrogens is 302 g/mol. The topological polar surface area (TPSA) is 54.3 Å². The Labute approximate surface area is 144 Å². The van der Waals surface area contributed by atoms with Gasteiger partial charge in [-0.3, -0.25) is 4.79 Å². The van der Waals surface area contributed by atoms with Gasteiger partial charge in [0.15, 0.2) is 5.69 Å². The summed E-state index contributed by atoms with van der Waals surface area (Å²) in [7, 11) is 1.95. The number of hydrogen-bond donors (Lipinski definition) is 0. The first kappa shape index (κ1) is 16.1. The van der Waals surface area contributed by atoms with Gasteiger partial charge in [0.1, 0.15) is 0 Å². The summed E-state index contributed by atoms with van der Waals surface area (Å²) < 4.78 is 1.95. The van der Waals surface area contributed by atoms with Gasteiger partial charge in [-0.05, 0) is 57.5 Å². The molecule has 4 heterocycles. The molecule has 1 saturated carbocycles. The van der Waals surface area contributed by atoms with Gasteiger partial charge in [-0.1, -0.05) is 18.1 Å². The van der Waals surface area contributed by atoms with E-state index < -0.39 is 0 Å². The van der Waals surface area contributed by atoms with Crippen molar-refractivity contribution in [1.82, 2.24) is 24.8 Å². The SMILES string of the molecule is Cc1c(C(=O)N(C)C2CN3CCC2CC3)nnn1CC1CCCC1. The second-order valence-corrected chi connectivity index (χ2v) is 7.98. The van der Waals surface area contributed by atoms with E-state index in [4.69, 9.17) is 0 Å². The second-order valence-electron chi connectivity index (χ2n) is 7.98. The Balaban J connectivity index is 1.46. The number of piperidine rings is 3. The second kappa shape index (κ2) is 6.47. The normalized spacial score (nSPS) is 30.0. The number of rotatable bonds is 4. The summed E-state index contributed by atoms with van der Waals surface area (Å²) in [4.78, 5) is 17.4. The van der Waals surface area contributed by atoms with Crippen molar-refractivity contribution >= 4 is 5.91 Å². The molecule has 5 rings (SSSR count). The number of aromatic nitrogens is 3. The molecule has 1 atom stereocenters. The molecule has 1 aromatic heterocycles. The van der Waals surface area contributed by atoms with Crippen molar-refractivity contribution in [2.45, 2.75) is 58.0 Å². The molecular formula is C18H29N5O. The van der Waals surface area contributed by atoms with Crippen molar-refractivity contribution in [1.29, 1.82) is 0 Å². The van der Waals surface area contributed by atoms with Crippen LogP contribution in [0.15, 0.2) is 0 Å². The van der Waals surface area contributed by atoms with Crippen molar-refractivity contribution in [2.75, 3.05) is 26.7 Å². The van der Waals surface area contributed by atoms with Gasteiger partial charge in [0.25, 0.3) is 5.91 Å². The van der Waals surface area contributed by atoms with E-state index in [0.717, 1.165) is 18.8 Å². The van der Waals surface area contributed by atoms with Crippen LogP contribution in [0.2, 0.25) is 0 Å². The van der Waals surface area contributed by atoms with Gasteiger partial charge < -0.3 is 9.80 Å². The number of amides is 1. The van der Waals surface area contributed by atoms with Crippen LogP contribution in [-0.2, 0) is 6.54 Å². The molecule has 0 aromatic carbocycles. The average molecular weight is 331 g/mol. The van der Waals surface area contributed by atoms with Gasteiger partial charge >= 0.3 is 0 Å². The third-order valence-corrected chi connectivity index (χ3v) is 6.53. The molecule has 4 aliphatic rings. The molecule has 0 spiro atoms. The van der Waals surface area contributed by atoms with Crippen LogP contribution in [0.5, 0.6) is 0 Å². The lowest BCUT2D eigenvalue weighted by atomic mass is 9.83. The Morgan fingerprint density at radius 2 is 1.92 bits per heavy atom. The van der Waals surface area contributed by atoms with Crippen molar-refractivity contribution in [3.05, 3.63) is 11.4 Å². The summed E-state index contributed by atoms with van der Waals surface area (Å²) in [6.07, 6.45) is 7.65. The highest BCUT2D eigenvalue weighted by Gasteiger charge is 2.38. The first-order chi connectivity index (χ1) is 11.6. The highest BCUT2D eigenvalue weighted by molar-refractivity contribution is 5.93. The largest absolute Gasteiger partial charge is 0.336 e. The lowest BCUT2D eigenvalue weighted by Crippen LogP contribution is -2.57. The molecule has 0 radical (unpaired) electrons. The molecule has 6 heteroatoms. The van der Waals surface area contributed by atoms with E-state index in [-0.39, 0.29) is 5.91 Å². The van der Waals surface area contributed by atoms with E-state index >= 15 is 0 Å². The minimum atomic E-state index is 0.0453. The summed E-state index contributed by atoms with van der Waals surface area (Å²) in [5, 5.41) is 8.53. The maximum Gasteiger partial charge on any atom is 0.276 e. The van der Waals surface area contributed by atoms with Crippen molar-refractivity contribution < 1.29 is 4.79 Å². The maximum absolute atomic E-state index is 13.0. The molecule has 3 saturated heterocycles. The van der Waals surface area contributed by atoms with Crippen molar-refractivity contribution in [3.63, 3.8) is 0 Å². The Hall–Kier alpha value is -1.43. The van der Waals surface area contributed by atoms with Crippen molar-refractivity contribution in [3.8, 4) is 0 Å². The van der Waals surface area contributed by atoms with Crippen molar-refractivity contribution in [2.24, 2.45) is 11.8 Å². The first-order valence-corrected chi connectivity index (χ1v) is 9.53. The van der Waals surface area contributed by atoms with Gasteiger partial charge in [-0.25, -0.2) is 4.68 Å². The summed E-state index contributed by atoms with van der Waals surface area (Å²) in [6, 6.07) is 0.333. The van der Waals surface area contributed by atoms with Crippen LogP contribution in [0.1, 0.15) is 54.7 Å². The lowest BCUT2D eigenvalue weighted by Gasteiger charge is -2.47. The predicted molar refractivity (Wildman–Crippen MR) is 91.8 cm³/mol. The lowest BCUT2D eigenvalue weighted by molar-refractivity contribution is 0.0159. The van der Waals surface area contributed by atoms with E-state index in [1.807, 2.05) is 23.6 Å². The Morgan fingerprint density at radius 1 is 1.21 bits per heavy atom. The highest BCUT2D eigenvalue weighted by Crippen LogP contribution is 2.31. The van der Waals surface area contributed by atoms with Gasteiger partial charge in [0.2, 0.25) is 0 Å². The van der Waals surface area contributed by atoms with Gasteiger partial charge in [-0.2, -0.15) is 0 Å². The fourth-order valence-corrected chi connectivity index (χ4v) is 4.86. The average Bonchev–Trinajstić information content (AvgIpc) is 3.26. The predicted octanol–water partition coefficient (Wildman–Crippen LogP) is 1.94. The minimum Gasteiger partial charge on any atom is -0.336 e. The van der Waals surface area contributed by atoms with Gasteiger partial charge in [0, 0.05) is 26.2 Å². The molecule has 132 valence electrons. The number of nitrogens with zero attached hydrogens (tertiary/aromatic N) is 5. The Kier molecular flexibility index (Phi) is 4.33. The molecule has 6 nitrogen and oxygen atoms in total. The standard InChI is InChI=1S/C18H29N5O/c1-13-17(19-20-23(13)11-14-5-3-4-6-14)18(24)21(2)16-12-22-9-7-15(16)8-10-22/h14-16H,3-12H2,1-2H3. The molecule has 0 N–H and O–H groups in total. The third-order valence-electron chi connectivity index (χ3n) is 6.53. The fraction of sp³-hybridized carbons (Fsp3) is 0.833.